The van der Waals surface area contributed by atoms with Gasteiger partial charge in [0.05, 0.1) is 32.6 Å². The smallest absolute Gasteiger partial charge is 0.338 e. The molecule has 3 heterocycles. The molecule has 3 aromatic rings. The number of thiophene rings is 1. The van der Waals surface area contributed by atoms with E-state index in [9.17, 15) is 9.59 Å². The fraction of sp³-hybridized carbons (Fsp3) is 0.261. The zero-order valence-corrected chi connectivity index (χ0v) is 24.0. The molecule has 2 aromatic heterocycles. The molecule has 0 amide bonds. The number of halogens is 2. The van der Waals surface area contributed by atoms with Crippen LogP contribution in [-0.2, 0) is 9.53 Å². The first-order chi connectivity index (χ1) is 15.8. The minimum atomic E-state index is -0.565. The predicted molar refractivity (Wildman–Crippen MR) is 148 cm³/mol. The molecule has 0 aliphatic carbocycles. The molecule has 0 fully saturated rings. The Morgan fingerprint density at radius 2 is 2.06 bits per heavy atom. The quantitative estimate of drug-likeness (QED) is 0.281. The first-order valence-corrected chi connectivity index (χ1v) is 14.1. The zero-order chi connectivity index (χ0) is 23.7. The average Bonchev–Trinajstić information content (AvgIpc) is 3.38. The monoisotopic (exact) mass is 706 g/mol. The summed E-state index contributed by atoms with van der Waals surface area (Å²) in [4.78, 5) is 32.6. The summed E-state index contributed by atoms with van der Waals surface area (Å²) < 4.78 is 15.4. The molecule has 6 nitrogen and oxygen atoms in total. The number of fused-ring (bicyclic) bond motifs is 1. The molecule has 1 aromatic carbocycles. The van der Waals surface area contributed by atoms with Gasteiger partial charge < -0.3 is 9.47 Å². The predicted octanol–water partition coefficient (Wildman–Crippen LogP) is 4.47. The number of carbonyl (C=O) groups excluding carboxylic acids is 1. The molecular formula is C23H20I2N2O4S2. The third-order valence-corrected chi connectivity index (χ3v) is 8.27. The molecule has 1 aliphatic rings. The van der Waals surface area contributed by atoms with E-state index in [0.29, 0.717) is 27.2 Å². The van der Waals surface area contributed by atoms with Gasteiger partial charge in [0.2, 0.25) is 0 Å². The number of carbonyl (C=O) groups is 1. The lowest BCUT2D eigenvalue weighted by Crippen LogP contribution is -2.39. The molecule has 0 saturated heterocycles. The SMILES string of the molecule is CCOC(=O)C1=C(C)N=c2s/c(=C\c3cc(I)cc(I)c3OCC)c(=O)n2[C@@H]1c1cccs1. The van der Waals surface area contributed by atoms with Gasteiger partial charge in [0.25, 0.3) is 5.56 Å². The van der Waals surface area contributed by atoms with Gasteiger partial charge in [0.1, 0.15) is 11.8 Å². The summed E-state index contributed by atoms with van der Waals surface area (Å²) in [6.45, 7) is 6.27. The Kier molecular flexibility index (Phi) is 7.76. The van der Waals surface area contributed by atoms with Gasteiger partial charge in [-0.2, -0.15) is 0 Å². The van der Waals surface area contributed by atoms with Crippen molar-refractivity contribution in [3.05, 3.63) is 78.2 Å². The molecule has 4 rings (SSSR count). The summed E-state index contributed by atoms with van der Waals surface area (Å²) in [6.07, 6.45) is 1.86. The van der Waals surface area contributed by atoms with E-state index >= 15 is 0 Å². The van der Waals surface area contributed by atoms with E-state index in [-0.39, 0.29) is 12.2 Å². The standard InChI is InChI=1S/C23H20I2N2O4S2/c1-4-30-20-13(9-14(24)11-15(20)25)10-17-21(28)27-19(16-7-6-8-32-16)18(22(29)31-5-2)12(3)26-23(27)33-17/h6-11,19H,4-5H2,1-3H3/b17-10-/t19-/m1/s1. The molecule has 1 aliphatic heterocycles. The topological polar surface area (TPSA) is 69.9 Å². The highest BCUT2D eigenvalue weighted by Crippen LogP contribution is 2.33. The highest BCUT2D eigenvalue weighted by Gasteiger charge is 2.33. The number of ether oxygens (including phenoxy) is 2. The molecule has 0 spiro atoms. The van der Waals surface area contributed by atoms with Crippen LogP contribution < -0.4 is 19.6 Å². The number of nitrogens with zero attached hydrogens (tertiary/aromatic N) is 2. The van der Waals surface area contributed by atoms with Crippen molar-refractivity contribution >= 4 is 79.9 Å². The van der Waals surface area contributed by atoms with Crippen molar-refractivity contribution in [1.29, 1.82) is 0 Å². The van der Waals surface area contributed by atoms with Crippen LogP contribution in [0.1, 0.15) is 37.3 Å². The lowest BCUT2D eigenvalue weighted by atomic mass is 10.0. The minimum Gasteiger partial charge on any atom is -0.492 e. The molecule has 0 N–H and O–H groups in total. The molecule has 172 valence electrons. The average molecular weight is 706 g/mol. The van der Waals surface area contributed by atoms with E-state index in [2.05, 4.69) is 50.2 Å². The summed E-state index contributed by atoms with van der Waals surface area (Å²) >= 11 is 7.32. The second-order valence-corrected chi connectivity index (χ2v) is 11.5. The number of benzene rings is 1. The number of thiazole rings is 1. The maximum Gasteiger partial charge on any atom is 0.338 e. The second kappa shape index (κ2) is 10.4. The van der Waals surface area contributed by atoms with E-state index in [1.165, 1.54) is 22.7 Å². The van der Waals surface area contributed by atoms with Crippen LogP contribution in [0.25, 0.3) is 6.08 Å². The van der Waals surface area contributed by atoms with Crippen molar-refractivity contribution in [2.24, 2.45) is 4.99 Å². The number of hydrogen-bond donors (Lipinski definition) is 0. The molecule has 0 saturated carbocycles. The van der Waals surface area contributed by atoms with Crippen LogP contribution in [0, 0.1) is 7.14 Å². The summed E-state index contributed by atoms with van der Waals surface area (Å²) in [5.74, 6) is 0.305. The summed E-state index contributed by atoms with van der Waals surface area (Å²) in [5, 5.41) is 1.94. The van der Waals surface area contributed by atoms with Crippen LogP contribution in [0.2, 0.25) is 0 Å². The van der Waals surface area contributed by atoms with E-state index in [1.807, 2.05) is 42.6 Å². The van der Waals surface area contributed by atoms with Gasteiger partial charge in [-0.3, -0.25) is 9.36 Å². The van der Waals surface area contributed by atoms with Crippen LogP contribution in [0.3, 0.4) is 0 Å². The van der Waals surface area contributed by atoms with Crippen molar-refractivity contribution in [2.75, 3.05) is 13.2 Å². The van der Waals surface area contributed by atoms with Gasteiger partial charge in [0.15, 0.2) is 4.80 Å². The summed E-state index contributed by atoms with van der Waals surface area (Å²) in [5.41, 5.74) is 1.62. The lowest BCUT2D eigenvalue weighted by molar-refractivity contribution is -0.139. The van der Waals surface area contributed by atoms with Gasteiger partial charge in [-0.25, -0.2) is 9.79 Å². The van der Waals surface area contributed by atoms with Gasteiger partial charge in [-0.1, -0.05) is 17.4 Å². The first kappa shape index (κ1) is 24.6. The number of rotatable bonds is 6. The maximum atomic E-state index is 13.7. The van der Waals surface area contributed by atoms with Crippen molar-refractivity contribution < 1.29 is 14.3 Å². The fourth-order valence-electron chi connectivity index (χ4n) is 3.63. The Bertz CT molecular complexity index is 1420. The van der Waals surface area contributed by atoms with Gasteiger partial charge in [-0.05, 0) is 95.6 Å². The molecule has 0 radical (unpaired) electrons. The Morgan fingerprint density at radius 1 is 1.27 bits per heavy atom. The lowest BCUT2D eigenvalue weighted by Gasteiger charge is -2.23. The minimum absolute atomic E-state index is 0.192. The van der Waals surface area contributed by atoms with Gasteiger partial charge in [-0.15, -0.1) is 11.3 Å². The molecule has 0 unspecified atom stereocenters. The zero-order valence-electron chi connectivity index (χ0n) is 18.1. The van der Waals surface area contributed by atoms with Crippen LogP contribution in [-0.4, -0.2) is 23.8 Å². The third kappa shape index (κ3) is 4.84. The highest BCUT2D eigenvalue weighted by atomic mass is 127. The van der Waals surface area contributed by atoms with Crippen LogP contribution in [0.4, 0.5) is 0 Å². The number of esters is 1. The first-order valence-electron chi connectivity index (χ1n) is 10.2. The molecule has 0 bridgehead atoms. The van der Waals surface area contributed by atoms with Crippen molar-refractivity contribution in [2.45, 2.75) is 26.8 Å². The second-order valence-electron chi connectivity index (χ2n) is 7.06. The molecule has 33 heavy (non-hydrogen) atoms. The summed E-state index contributed by atoms with van der Waals surface area (Å²) in [6, 6.07) is 7.31. The van der Waals surface area contributed by atoms with Gasteiger partial charge in [0, 0.05) is 14.0 Å². The van der Waals surface area contributed by atoms with Crippen molar-refractivity contribution in [3.8, 4) is 5.75 Å². The normalized spacial score (nSPS) is 15.9. The van der Waals surface area contributed by atoms with E-state index in [0.717, 1.165) is 23.3 Å². The van der Waals surface area contributed by atoms with Crippen LogP contribution in [0.5, 0.6) is 5.75 Å². The highest BCUT2D eigenvalue weighted by molar-refractivity contribution is 14.1. The Hall–Kier alpha value is -1.51. The Balaban J connectivity index is 1.96. The van der Waals surface area contributed by atoms with Crippen LogP contribution >= 0.6 is 67.9 Å². The fourth-order valence-corrected chi connectivity index (χ4v) is 7.54. The number of hydrogen-bond acceptors (Lipinski definition) is 7. The van der Waals surface area contributed by atoms with Gasteiger partial charge >= 0.3 is 5.97 Å². The maximum absolute atomic E-state index is 13.7. The Labute approximate surface area is 225 Å². The number of aromatic nitrogens is 1. The van der Waals surface area contributed by atoms with Crippen molar-refractivity contribution in [3.63, 3.8) is 0 Å². The largest absolute Gasteiger partial charge is 0.492 e. The van der Waals surface area contributed by atoms with E-state index < -0.39 is 12.0 Å². The molecular weight excluding hydrogens is 686 g/mol. The Morgan fingerprint density at radius 3 is 2.73 bits per heavy atom. The third-order valence-electron chi connectivity index (χ3n) is 4.94. The van der Waals surface area contributed by atoms with E-state index in [4.69, 9.17) is 9.47 Å². The van der Waals surface area contributed by atoms with Crippen LogP contribution in [0.15, 0.2) is 50.7 Å². The number of allylic oxidation sites excluding steroid dienone is 1. The molecule has 10 heteroatoms. The van der Waals surface area contributed by atoms with E-state index in [1.54, 1.807) is 18.4 Å². The van der Waals surface area contributed by atoms with Crippen molar-refractivity contribution in [1.82, 2.24) is 4.57 Å². The summed E-state index contributed by atoms with van der Waals surface area (Å²) in [7, 11) is 0. The molecule has 1 atom stereocenters.